The van der Waals surface area contributed by atoms with Crippen LogP contribution in [0.1, 0.15) is 31.4 Å². The number of aliphatic hydroxyl groups excluding tert-OH is 1. The number of hydrogen-bond acceptors (Lipinski definition) is 4. The van der Waals surface area contributed by atoms with Gasteiger partial charge in [-0.05, 0) is 49.5 Å². The molecule has 0 amide bonds. The second kappa shape index (κ2) is 7.89. The predicted octanol–water partition coefficient (Wildman–Crippen LogP) is 2.16. The largest absolute Gasteiger partial charge is 0.389 e. The molecule has 0 fully saturated rings. The van der Waals surface area contributed by atoms with E-state index in [0.717, 1.165) is 18.6 Å². The van der Waals surface area contributed by atoms with Crippen LogP contribution in [0.4, 0.5) is 0 Å². The number of thioether (sulfide) groups is 1. The fraction of sp³-hybridized carbons (Fsp3) is 0.538. The lowest BCUT2D eigenvalue weighted by atomic mass is 10.1. The summed E-state index contributed by atoms with van der Waals surface area (Å²) in [7, 11) is -3.43. The highest BCUT2D eigenvalue weighted by Crippen LogP contribution is 2.15. The van der Waals surface area contributed by atoms with Gasteiger partial charge in [0.1, 0.15) is 0 Å². The zero-order valence-electron chi connectivity index (χ0n) is 11.3. The summed E-state index contributed by atoms with van der Waals surface area (Å²) in [6, 6.07) is 6.30. The summed E-state index contributed by atoms with van der Waals surface area (Å²) in [4.78, 5) is 0.238. The van der Waals surface area contributed by atoms with Crippen molar-refractivity contribution in [2.24, 2.45) is 0 Å². The molecule has 1 atom stereocenters. The van der Waals surface area contributed by atoms with Gasteiger partial charge < -0.3 is 5.11 Å². The summed E-state index contributed by atoms with van der Waals surface area (Å²) in [6.45, 7) is 2.11. The number of rotatable bonds is 8. The van der Waals surface area contributed by atoms with Gasteiger partial charge in [-0.1, -0.05) is 12.1 Å². The van der Waals surface area contributed by atoms with Crippen molar-refractivity contribution in [3.8, 4) is 0 Å². The summed E-state index contributed by atoms with van der Waals surface area (Å²) in [5.41, 5.74) is 0.707. The third kappa shape index (κ3) is 5.52. The maximum atomic E-state index is 12.0. The van der Waals surface area contributed by atoms with E-state index >= 15 is 0 Å². The van der Waals surface area contributed by atoms with Gasteiger partial charge in [0.05, 0.1) is 11.0 Å². The van der Waals surface area contributed by atoms with Gasteiger partial charge in [0, 0.05) is 6.54 Å². The van der Waals surface area contributed by atoms with E-state index in [9.17, 15) is 13.5 Å². The lowest BCUT2D eigenvalue weighted by Gasteiger charge is -2.08. The van der Waals surface area contributed by atoms with Crippen molar-refractivity contribution >= 4 is 21.8 Å². The average molecular weight is 303 g/mol. The van der Waals surface area contributed by atoms with Crippen LogP contribution in [0, 0.1) is 0 Å². The molecule has 108 valence electrons. The quantitative estimate of drug-likeness (QED) is 0.722. The molecule has 4 nitrogen and oxygen atoms in total. The molecule has 19 heavy (non-hydrogen) atoms. The second-order valence-electron chi connectivity index (χ2n) is 4.34. The topological polar surface area (TPSA) is 66.4 Å². The van der Waals surface area contributed by atoms with Gasteiger partial charge in [-0.15, -0.1) is 0 Å². The van der Waals surface area contributed by atoms with Crippen LogP contribution in [0.15, 0.2) is 29.2 Å². The smallest absolute Gasteiger partial charge is 0.240 e. The predicted molar refractivity (Wildman–Crippen MR) is 79.9 cm³/mol. The molecule has 0 aromatic heterocycles. The van der Waals surface area contributed by atoms with E-state index in [1.54, 1.807) is 30.8 Å². The Balaban J connectivity index is 2.57. The molecule has 1 rings (SSSR count). The molecule has 0 saturated carbocycles. The van der Waals surface area contributed by atoms with Gasteiger partial charge in [0.2, 0.25) is 10.0 Å². The Morgan fingerprint density at radius 3 is 2.42 bits per heavy atom. The Bertz CT molecular complexity index is 469. The van der Waals surface area contributed by atoms with Crippen molar-refractivity contribution in [1.29, 1.82) is 0 Å². The second-order valence-corrected chi connectivity index (χ2v) is 7.10. The van der Waals surface area contributed by atoms with Crippen molar-refractivity contribution in [3.63, 3.8) is 0 Å². The molecule has 1 unspecified atom stereocenters. The van der Waals surface area contributed by atoms with E-state index in [1.165, 1.54) is 12.1 Å². The van der Waals surface area contributed by atoms with E-state index in [4.69, 9.17) is 0 Å². The van der Waals surface area contributed by atoms with Crippen LogP contribution >= 0.6 is 11.8 Å². The number of aliphatic hydroxyl groups is 1. The minimum atomic E-state index is -3.43. The van der Waals surface area contributed by atoms with Crippen LogP contribution in [0.5, 0.6) is 0 Å². The molecule has 0 aliphatic carbocycles. The van der Waals surface area contributed by atoms with E-state index in [2.05, 4.69) is 4.72 Å². The van der Waals surface area contributed by atoms with Gasteiger partial charge in [-0.2, -0.15) is 11.8 Å². The summed E-state index contributed by atoms with van der Waals surface area (Å²) >= 11 is 1.76. The van der Waals surface area contributed by atoms with Gasteiger partial charge >= 0.3 is 0 Å². The maximum absolute atomic E-state index is 12.0. The highest BCUT2D eigenvalue weighted by atomic mass is 32.2. The first-order valence-electron chi connectivity index (χ1n) is 6.24. The van der Waals surface area contributed by atoms with Crippen molar-refractivity contribution < 1.29 is 13.5 Å². The van der Waals surface area contributed by atoms with Gasteiger partial charge in [-0.3, -0.25) is 0 Å². The summed E-state index contributed by atoms with van der Waals surface area (Å²) < 4.78 is 26.5. The van der Waals surface area contributed by atoms with E-state index in [-0.39, 0.29) is 4.90 Å². The molecule has 1 aromatic rings. The fourth-order valence-electron chi connectivity index (χ4n) is 1.59. The molecule has 0 spiro atoms. The van der Waals surface area contributed by atoms with Crippen LogP contribution in [0.25, 0.3) is 0 Å². The molecule has 0 saturated heterocycles. The Kier molecular flexibility index (Phi) is 6.85. The van der Waals surface area contributed by atoms with Crippen LogP contribution in [-0.2, 0) is 10.0 Å². The Hall–Kier alpha value is -0.560. The van der Waals surface area contributed by atoms with Gasteiger partial charge in [0.25, 0.3) is 0 Å². The lowest BCUT2D eigenvalue weighted by molar-refractivity contribution is 0.199. The SMILES string of the molecule is CSCCCCNS(=O)(=O)c1ccc(C(C)O)cc1. The Morgan fingerprint density at radius 1 is 1.26 bits per heavy atom. The van der Waals surface area contributed by atoms with Crippen LogP contribution < -0.4 is 4.72 Å². The van der Waals surface area contributed by atoms with E-state index < -0.39 is 16.1 Å². The maximum Gasteiger partial charge on any atom is 0.240 e. The number of hydrogen-bond donors (Lipinski definition) is 2. The highest BCUT2D eigenvalue weighted by Gasteiger charge is 2.13. The standard InChI is InChI=1S/C13H21NO3S2/c1-11(15)12-5-7-13(8-6-12)19(16,17)14-9-3-4-10-18-2/h5-8,11,14-15H,3-4,9-10H2,1-2H3. The molecule has 0 radical (unpaired) electrons. The molecule has 0 bridgehead atoms. The first kappa shape index (κ1) is 16.5. The van der Waals surface area contributed by atoms with E-state index in [0.29, 0.717) is 12.1 Å². The normalized spacial score (nSPS) is 13.4. The zero-order valence-corrected chi connectivity index (χ0v) is 12.9. The minimum Gasteiger partial charge on any atom is -0.389 e. The summed E-state index contributed by atoms with van der Waals surface area (Å²) in [5, 5.41) is 9.37. The van der Waals surface area contributed by atoms with Gasteiger partial charge in [0.15, 0.2) is 0 Å². The van der Waals surface area contributed by atoms with Crippen molar-refractivity contribution in [3.05, 3.63) is 29.8 Å². The highest BCUT2D eigenvalue weighted by molar-refractivity contribution is 7.98. The number of nitrogens with one attached hydrogen (secondary N) is 1. The third-order valence-electron chi connectivity index (χ3n) is 2.74. The van der Waals surface area contributed by atoms with Crippen LogP contribution in [0.3, 0.4) is 0 Å². The molecular formula is C13H21NO3S2. The number of unbranched alkanes of at least 4 members (excludes halogenated alkanes) is 1. The molecule has 0 heterocycles. The number of sulfonamides is 1. The fourth-order valence-corrected chi connectivity index (χ4v) is 3.15. The Morgan fingerprint density at radius 2 is 1.89 bits per heavy atom. The first-order chi connectivity index (χ1) is 8.97. The van der Waals surface area contributed by atoms with Crippen LogP contribution in [-0.4, -0.2) is 32.1 Å². The monoisotopic (exact) mass is 303 g/mol. The van der Waals surface area contributed by atoms with Crippen molar-refractivity contribution in [1.82, 2.24) is 4.72 Å². The average Bonchev–Trinajstić information content (AvgIpc) is 2.38. The molecular weight excluding hydrogens is 282 g/mol. The van der Waals surface area contributed by atoms with Crippen LogP contribution in [0.2, 0.25) is 0 Å². The molecule has 6 heteroatoms. The van der Waals surface area contributed by atoms with E-state index in [1.807, 2.05) is 6.26 Å². The molecule has 0 aliphatic heterocycles. The zero-order chi connectivity index (χ0) is 14.3. The summed E-state index contributed by atoms with van der Waals surface area (Å²) in [6.07, 6.45) is 3.29. The minimum absolute atomic E-state index is 0.238. The molecule has 0 aliphatic rings. The molecule has 2 N–H and O–H groups in total. The first-order valence-corrected chi connectivity index (χ1v) is 9.11. The number of benzene rings is 1. The summed E-state index contributed by atoms with van der Waals surface area (Å²) in [5.74, 6) is 1.05. The molecule has 1 aromatic carbocycles. The Labute approximate surface area is 119 Å². The van der Waals surface area contributed by atoms with Crippen molar-refractivity contribution in [2.75, 3.05) is 18.6 Å². The third-order valence-corrected chi connectivity index (χ3v) is 4.91. The van der Waals surface area contributed by atoms with Gasteiger partial charge in [-0.25, -0.2) is 13.1 Å². The van der Waals surface area contributed by atoms with Crippen molar-refractivity contribution in [2.45, 2.75) is 30.8 Å². The lowest BCUT2D eigenvalue weighted by Crippen LogP contribution is -2.24.